The van der Waals surface area contributed by atoms with E-state index in [0.29, 0.717) is 35.2 Å². The molecule has 2 N–H and O–H groups in total. The van der Waals surface area contributed by atoms with Gasteiger partial charge in [0.05, 0.1) is 7.11 Å². The molecule has 1 aromatic carbocycles. The van der Waals surface area contributed by atoms with Crippen molar-refractivity contribution in [2.75, 3.05) is 12.9 Å². The molecule has 2 atom stereocenters. The van der Waals surface area contributed by atoms with Gasteiger partial charge < -0.3 is 10.5 Å². The highest BCUT2D eigenvalue weighted by Crippen LogP contribution is 2.56. The van der Waals surface area contributed by atoms with Gasteiger partial charge in [-0.1, -0.05) is 24.8 Å². The van der Waals surface area contributed by atoms with E-state index in [1.165, 1.54) is 23.9 Å². The minimum Gasteiger partial charge on any atom is -0.481 e. The average Bonchev–Trinajstić information content (AvgIpc) is 2.59. The molecular formula is C19H19F2N3OS. The first kappa shape index (κ1) is 17.3. The van der Waals surface area contributed by atoms with Gasteiger partial charge in [0.2, 0.25) is 5.88 Å². The zero-order chi connectivity index (χ0) is 18.5. The highest BCUT2D eigenvalue weighted by Gasteiger charge is 2.56. The van der Waals surface area contributed by atoms with Gasteiger partial charge >= 0.3 is 0 Å². The first-order chi connectivity index (χ1) is 12.4. The van der Waals surface area contributed by atoms with Crippen LogP contribution in [0.5, 0.6) is 5.88 Å². The monoisotopic (exact) mass is 375 g/mol. The zero-order valence-corrected chi connectivity index (χ0v) is 15.4. The second kappa shape index (κ2) is 5.94. The number of pyridine rings is 1. The predicted octanol–water partition coefficient (Wildman–Crippen LogP) is 3.43. The fraction of sp³-hybridized carbons (Fsp3) is 0.368. The van der Waals surface area contributed by atoms with Crippen LogP contribution in [0, 0.1) is 17.0 Å². The molecule has 0 bridgehead atoms. The number of nitrogens with two attached hydrogens (primary N) is 1. The van der Waals surface area contributed by atoms with Crippen LogP contribution < -0.4 is 10.5 Å². The third kappa shape index (κ3) is 2.40. The van der Waals surface area contributed by atoms with Gasteiger partial charge in [0, 0.05) is 41.0 Å². The minimum absolute atomic E-state index is 0.362. The molecule has 0 fully saturated rings. The maximum absolute atomic E-state index is 14.9. The number of methoxy groups -OCH3 is 1. The summed E-state index contributed by atoms with van der Waals surface area (Å²) in [6.07, 6.45) is 2.81. The average molecular weight is 375 g/mol. The summed E-state index contributed by atoms with van der Waals surface area (Å²) in [5.74, 6) is -0.00479. The molecule has 1 aliphatic carbocycles. The van der Waals surface area contributed by atoms with Gasteiger partial charge in [0.15, 0.2) is 5.17 Å². The molecule has 0 radical (unpaired) electrons. The van der Waals surface area contributed by atoms with Crippen molar-refractivity contribution in [1.82, 2.24) is 4.98 Å². The zero-order valence-electron chi connectivity index (χ0n) is 14.6. The Morgan fingerprint density at radius 1 is 1.23 bits per heavy atom. The quantitative estimate of drug-likeness (QED) is 0.874. The molecule has 136 valence electrons. The van der Waals surface area contributed by atoms with E-state index >= 15 is 0 Å². The first-order valence-electron chi connectivity index (χ1n) is 8.33. The van der Waals surface area contributed by atoms with Crippen molar-refractivity contribution in [3.63, 3.8) is 0 Å². The molecule has 0 spiro atoms. The van der Waals surface area contributed by atoms with Crippen LogP contribution in [0.1, 0.15) is 23.6 Å². The lowest BCUT2D eigenvalue weighted by Crippen LogP contribution is -2.54. The summed E-state index contributed by atoms with van der Waals surface area (Å²) in [5, 5.41) is 0.414. The van der Waals surface area contributed by atoms with Crippen LogP contribution in [0.3, 0.4) is 0 Å². The molecule has 4 rings (SSSR count). The summed E-state index contributed by atoms with van der Waals surface area (Å²) in [4.78, 5) is 9.04. The van der Waals surface area contributed by atoms with Gasteiger partial charge in [-0.15, -0.1) is 0 Å². The van der Waals surface area contributed by atoms with Crippen molar-refractivity contribution in [2.45, 2.75) is 25.3 Å². The van der Waals surface area contributed by atoms with Gasteiger partial charge in [-0.3, -0.25) is 4.99 Å². The van der Waals surface area contributed by atoms with Crippen LogP contribution in [-0.4, -0.2) is 23.0 Å². The number of fused-ring (bicyclic) bond motifs is 2. The number of aromatic nitrogens is 1. The fourth-order valence-corrected chi connectivity index (χ4v) is 5.21. The van der Waals surface area contributed by atoms with Crippen LogP contribution in [0.2, 0.25) is 0 Å². The Balaban J connectivity index is 1.99. The Morgan fingerprint density at radius 2 is 2.04 bits per heavy atom. The molecule has 2 aliphatic rings. The van der Waals surface area contributed by atoms with E-state index < -0.39 is 17.2 Å². The van der Waals surface area contributed by atoms with Crippen molar-refractivity contribution < 1.29 is 13.5 Å². The van der Waals surface area contributed by atoms with Crippen LogP contribution in [0.15, 0.2) is 35.5 Å². The van der Waals surface area contributed by atoms with Crippen molar-refractivity contribution >= 4 is 16.9 Å². The second-order valence-electron chi connectivity index (χ2n) is 7.10. The topological polar surface area (TPSA) is 60.5 Å². The standard InChI is InChI=1S/C19H19F2N3OS/c1-18-8-11-5-6-23-16(25-2)13(11)9-19(18,24-17(22)26-10-18)14-4-3-12(20)7-15(14)21/h3-7H,8-10H2,1-2H3,(H2,22,24)/t18-,19+/m0/s1. The molecule has 0 saturated heterocycles. The molecule has 1 aromatic heterocycles. The summed E-state index contributed by atoms with van der Waals surface area (Å²) in [5.41, 5.74) is 7.14. The summed E-state index contributed by atoms with van der Waals surface area (Å²) in [6.45, 7) is 2.09. The number of hydrogen-bond acceptors (Lipinski definition) is 5. The Hall–Kier alpha value is -2.15. The SMILES string of the molecule is COc1nccc2c1C[C@]1(c3ccc(F)cc3F)N=C(N)SC[C@]1(C)C2. The Bertz CT molecular complexity index is 920. The smallest absolute Gasteiger partial charge is 0.216 e. The molecule has 2 aromatic rings. The predicted molar refractivity (Wildman–Crippen MR) is 98.4 cm³/mol. The van der Waals surface area contributed by atoms with Crippen molar-refractivity contribution in [2.24, 2.45) is 16.1 Å². The fourth-order valence-electron chi connectivity index (χ4n) is 4.18. The van der Waals surface area contributed by atoms with Crippen LogP contribution in [0.25, 0.3) is 0 Å². The minimum atomic E-state index is -0.927. The number of rotatable bonds is 2. The summed E-state index contributed by atoms with van der Waals surface area (Å²) < 4.78 is 33.8. The maximum Gasteiger partial charge on any atom is 0.216 e. The van der Waals surface area contributed by atoms with E-state index in [4.69, 9.17) is 15.5 Å². The molecule has 0 unspecified atom stereocenters. The number of halogens is 2. The number of hydrogen-bond donors (Lipinski definition) is 1. The number of nitrogens with zero attached hydrogens (tertiary/aromatic N) is 2. The van der Waals surface area contributed by atoms with Crippen LogP contribution >= 0.6 is 11.8 Å². The van der Waals surface area contributed by atoms with E-state index in [-0.39, 0.29) is 5.41 Å². The van der Waals surface area contributed by atoms with Crippen molar-refractivity contribution in [1.29, 1.82) is 0 Å². The highest BCUT2D eigenvalue weighted by atomic mass is 32.2. The summed E-state index contributed by atoms with van der Waals surface area (Å²) in [7, 11) is 1.57. The van der Waals surface area contributed by atoms with Gasteiger partial charge in [-0.25, -0.2) is 13.8 Å². The highest BCUT2D eigenvalue weighted by molar-refractivity contribution is 8.13. The molecule has 26 heavy (non-hydrogen) atoms. The largest absolute Gasteiger partial charge is 0.481 e. The Labute approximate surface area is 154 Å². The first-order valence-corrected chi connectivity index (χ1v) is 9.31. The van der Waals surface area contributed by atoms with Gasteiger partial charge in [-0.2, -0.15) is 0 Å². The van der Waals surface area contributed by atoms with Gasteiger partial charge in [0.1, 0.15) is 17.2 Å². The van der Waals surface area contributed by atoms with E-state index in [1.807, 2.05) is 6.07 Å². The molecule has 0 amide bonds. The number of benzene rings is 1. The summed E-state index contributed by atoms with van der Waals surface area (Å²) in [6, 6.07) is 5.65. The summed E-state index contributed by atoms with van der Waals surface area (Å²) >= 11 is 1.47. The third-order valence-electron chi connectivity index (χ3n) is 5.53. The van der Waals surface area contributed by atoms with Crippen LogP contribution in [-0.2, 0) is 18.4 Å². The molecule has 0 saturated carbocycles. The van der Waals surface area contributed by atoms with E-state index in [9.17, 15) is 8.78 Å². The van der Waals surface area contributed by atoms with E-state index in [1.54, 1.807) is 13.3 Å². The van der Waals surface area contributed by atoms with Gasteiger partial charge in [-0.05, 0) is 24.1 Å². The van der Waals surface area contributed by atoms with Crippen LogP contribution in [0.4, 0.5) is 8.78 Å². The number of ether oxygens (including phenoxy) is 1. The number of aliphatic imine (C=N–C) groups is 1. The van der Waals surface area contributed by atoms with Gasteiger partial charge in [0.25, 0.3) is 0 Å². The second-order valence-corrected chi connectivity index (χ2v) is 8.09. The molecule has 7 heteroatoms. The molecule has 4 nitrogen and oxygen atoms in total. The normalized spacial score (nSPS) is 27.3. The lowest BCUT2D eigenvalue weighted by Gasteiger charge is -2.52. The molecular weight excluding hydrogens is 356 g/mol. The molecule has 2 heterocycles. The lowest BCUT2D eigenvalue weighted by atomic mass is 9.59. The van der Waals surface area contributed by atoms with E-state index in [2.05, 4.69) is 11.9 Å². The lowest BCUT2D eigenvalue weighted by molar-refractivity contribution is 0.146. The van der Waals surface area contributed by atoms with E-state index in [0.717, 1.165) is 17.2 Å². The van der Waals surface area contributed by atoms with Crippen molar-refractivity contribution in [3.05, 3.63) is 58.8 Å². The number of amidine groups is 1. The Kier molecular flexibility index (Phi) is 3.95. The third-order valence-corrected chi connectivity index (χ3v) is 6.70. The maximum atomic E-state index is 14.9. The molecule has 1 aliphatic heterocycles. The number of thioether (sulfide) groups is 1. The van der Waals surface area contributed by atoms with Crippen molar-refractivity contribution in [3.8, 4) is 5.88 Å². The Morgan fingerprint density at radius 3 is 2.77 bits per heavy atom.